The lowest BCUT2D eigenvalue weighted by Crippen LogP contribution is -2.30. The maximum atomic E-state index is 12.4. The SMILES string of the molecule is Cc1cc([C@H](C#N)c2ccc(Cl)cc2)c(Cl)cc1NC(=O)CCCCC[C@H]1NC(=O)N[C@H]1C. The molecule has 1 saturated heterocycles. The lowest BCUT2D eigenvalue weighted by Gasteiger charge is -2.16. The van der Waals surface area contributed by atoms with Crippen molar-refractivity contribution in [1.29, 1.82) is 5.26 Å². The van der Waals surface area contributed by atoms with Gasteiger partial charge in [0, 0.05) is 28.2 Å². The highest BCUT2D eigenvalue weighted by molar-refractivity contribution is 6.32. The second kappa shape index (κ2) is 11.4. The van der Waals surface area contributed by atoms with Gasteiger partial charge in [-0.2, -0.15) is 5.26 Å². The van der Waals surface area contributed by atoms with E-state index in [1.165, 1.54) is 0 Å². The zero-order valence-electron chi connectivity index (χ0n) is 18.8. The maximum Gasteiger partial charge on any atom is 0.315 e. The van der Waals surface area contributed by atoms with Gasteiger partial charge in [0.2, 0.25) is 5.91 Å². The molecular formula is C25H28Cl2N4O2. The Morgan fingerprint density at radius 1 is 1.15 bits per heavy atom. The van der Waals surface area contributed by atoms with Crippen LogP contribution in [0, 0.1) is 18.3 Å². The number of carbonyl (C=O) groups excluding carboxylic acids is 2. The number of carbonyl (C=O) groups is 2. The quantitative estimate of drug-likeness (QED) is 0.384. The number of amides is 3. The number of anilines is 1. The van der Waals surface area contributed by atoms with Crippen LogP contribution in [0.4, 0.5) is 10.5 Å². The van der Waals surface area contributed by atoms with Crippen molar-refractivity contribution < 1.29 is 9.59 Å². The van der Waals surface area contributed by atoms with E-state index in [0.29, 0.717) is 27.7 Å². The highest BCUT2D eigenvalue weighted by Gasteiger charge is 2.26. The third-order valence-corrected chi connectivity index (χ3v) is 6.54. The summed E-state index contributed by atoms with van der Waals surface area (Å²) in [6.07, 6.45) is 3.94. The first-order valence-electron chi connectivity index (χ1n) is 11.1. The third-order valence-electron chi connectivity index (χ3n) is 5.96. The van der Waals surface area contributed by atoms with E-state index < -0.39 is 5.92 Å². The van der Waals surface area contributed by atoms with Crippen LogP contribution in [0.2, 0.25) is 10.0 Å². The first-order valence-corrected chi connectivity index (χ1v) is 11.9. The van der Waals surface area contributed by atoms with E-state index in [1.807, 2.05) is 32.0 Å². The minimum atomic E-state index is -0.527. The van der Waals surface area contributed by atoms with Crippen LogP contribution in [0.15, 0.2) is 36.4 Å². The fourth-order valence-corrected chi connectivity index (χ4v) is 4.44. The monoisotopic (exact) mass is 486 g/mol. The molecule has 0 aromatic heterocycles. The Hall–Kier alpha value is -2.75. The lowest BCUT2D eigenvalue weighted by molar-refractivity contribution is -0.116. The highest BCUT2D eigenvalue weighted by Crippen LogP contribution is 2.34. The Labute approximate surface area is 204 Å². The molecule has 8 heteroatoms. The van der Waals surface area contributed by atoms with Gasteiger partial charge < -0.3 is 16.0 Å². The molecule has 0 aliphatic carbocycles. The number of benzene rings is 2. The molecule has 3 atom stereocenters. The van der Waals surface area contributed by atoms with Gasteiger partial charge in [-0.15, -0.1) is 0 Å². The van der Waals surface area contributed by atoms with Gasteiger partial charge in [0.1, 0.15) is 0 Å². The average molecular weight is 487 g/mol. The molecule has 0 radical (unpaired) electrons. The first-order chi connectivity index (χ1) is 15.8. The number of nitrogens with one attached hydrogen (secondary N) is 3. The summed E-state index contributed by atoms with van der Waals surface area (Å²) in [6, 6.07) is 13.2. The summed E-state index contributed by atoms with van der Waals surface area (Å²) in [5.74, 6) is -0.596. The summed E-state index contributed by atoms with van der Waals surface area (Å²) in [7, 11) is 0. The third kappa shape index (κ3) is 6.63. The van der Waals surface area contributed by atoms with Crippen molar-refractivity contribution in [2.75, 3.05) is 5.32 Å². The summed E-state index contributed by atoms with van der Waals surface area (Å²) < 4.78 is 0. The van der Waals surface area contributed by atoms with Crippen molar-refractivity contribution in [1.82, 2.24) is 10.6 Å². The van der Waals surface area contributed by atoms with Crippen LogP contribution in [0.3, 0.4) is 0 Å². The molecule has 0 spiro atoms. The number of aryl methyl sites for hydroxylation is 1. The Balaban J connectivity index is 1.53. The van der Waals surface area contributed by atoms with Crippen molar-refractivity contribution in [3.63, 3.8) is 0 Å². The van der Waals surface area contributed by atoms with Crippen molar-refractivity contribution >= 4 is 40.8 Å². The van der Waals surface area contributed by atoms with Gasteiger partial charge in [0.15, 0.2) is 0 Å². The zero-order chi connectivity index (χ0) is 24.0. The van der Waals surface area contributed by atoms with Crippen molar-refractivity contribution in [3.05, 3.63) is 63.1 Å². The molecule has 1 fully saturated rings. The van der Waals surface area contributed by atoms with Crippen molar-refractivity contribution in [2.24, 2.45) is 0 Å². The number of rotatable bonds is 9. The molecule has 1 heterocycles. The molecule has 3 amide bonds. The van der Waals surface area contributed by atoms with Gasteiger partial charge in [-0.3, -0.25) is 4.79 Å². The molecule has 2 aromatic rings. The molecule has 1 aliphatic rings. The molecule has 3 N–H and O–H groups in total. The number of nitriles is 1. The molecular weight excluding hydrogens is 459 g/mol. The molecule has 174 valence electrons. The smallest absolute Gasteiger partial charge is 0.315 e. The first kappa shape index (κ1) is 24.9. The number of urea groups is 1. The number of hydrogen-bond donors (Lipinski definition) is 3. The van der Waals surface area contributed by atoms with E-state index in [9.17, 15) is 14.9 Å². The molecule has 3 rings (SSSR count). The van der Waals surface area contributed by atoms with E-state index in [4.69, 9.17) is 23.2 Å². The fourth-order valence-electron chi connectivity index (χ4n) is 4.04. The summed E-state index contributed by atoms with van der Waals surface area (Å²) in [6.45, 7) is 3.87. The van der Waals surface area contributed by atoms with Crippen LogP contribution < -0.4 is 16.0 Å². The van der Waals surface area contributed by atoms with E-state index in [2.05, 4.69) is 22.0 Å². The van der Waals surface area contributed by atoms with Crippen LogP contribution in [0.1, 0.15) is 61.6 Å². The molecule has 2 aromatic carbocycles. The Bertz CT molecular complexity index is 1050. The van der Waals surface area contributed by atoms with Gasteiger partial charge in [0.05, 0.1) is 18.0 Å². The molecule has 0 saturated carbocycles. The predicted molar refractivity (Wildman–Crippen MR) is 132 cm³/mol. The summed E-state index contributed by atoms with van der Waals surface area (Å²) in [4.78, 5) is 23.8. The van der Waals surface area contributed by atoms with E-state index in [1.54, 1.807) is 18.2 Å². The Morgan fingerprint density at radius 2 is 1.88 bits per heavy atom. The minimum absolute atomic E-state index is 0.0688. The minimum Gasteiger partial charge on any atom is -0.334 e. The van der Waals surface area contributed by atoms with Crippen LogP contribution in [-0.4, -0.2) is 24.0 Å². The molecule has 0 unspecified atom stereocenters. The Kier molecular flexibility index (Phi) is 8.60. The summed E-state index contributed by atoms with van der Waals surface area (Å²) in [5.41, 5.74) is 2.99. The molecule has 0 bridgehead atoms. The van der Waals surface area contributed by atoms with Crippen molar-refractivity contribution in [2.45, 2.75) is 64.0 Å². The number of unbranched alkanes of at least 4 members (excludes halogenated alkanes) is 2. The Morgan fingerprint density at radius 3 is 2.52 bits per heavy atom. The normalized spacial score (nSPS) is 18.2. The van der Waals surface area contributed by atoms with Gasteiger partial charge in [0.25, 0.3) is 0 Å². The van der Waals surface area contributed by atoms with Crippen LogP contribution >= 0.6 is 23.2 Å². The van der Waals surface area contributed by atoms with Crippen LogP contribution in [-0.2, 0) is 4.79 Å². The topological polar surface area (TPSA) is 94.0 Å². The number of hydrogen-bond acceptors (Lipinski definition) is 3. The second-order valence-corrected chi connectivity index (χ2v) is 9.31. The zero-order valence-corrected chi connectivity index (χ0v) is 20.3. The van der Waals surface area contributed by atoms with Gasteiger partial charge in [-0.1, -0.05) is 54.2 Å². The van der Waals surface area contributed by atoms with Crippen molar-refractivity contribution in [3.8, 4) is 6.07 Å². The second-order valence-electron chi connectivity index (χ2n) is 8.46. The highest BCUT2D eigenvalue weighted by atomic mass is 35.5. The fraction of sp³-hybridized carbons (Fsp3) is 0.400. The van der Waals surface area contributed by atoms with Gasteiger partial charge >= 0.3 is 6.03 Å². The van der Waals surface area contributed by atoms with E-state index in [-0.39, 0.29) is 24.0 Å². The number of halogens is 2. The lowest BCUT2D eigenvalue weighted by atomic mass is 9.91. The average Bonchev–Trinajstić information content (AvgIpc) is 3.09. The summed E-state index contributed by atoms with van der Waals surface area (Å²) in [5, 5.41) is 19.5. The van der Waals surface area contributed by atoms with Gasteiger partial charge in [-0.05, 0) is 61.6 Å². The predicted octanol–water partition coefficient (Wildman–Crippen LogP) is 5.92. The molecule has 1 aliphatic heterocycles. The maximum absolute atomic E-state index is 12.4. The van der Waals surface area contributed by atoms with Gasteiger partial charge in [-0.25, -0.2) is 4.79 Å². The van der Waals surface area contributed by atoms with Crippen LogP contribution in [0.25, 0.3) is 0 Å². The standard InChI is InChI=1S/C25H28Cl2N4O2/c1-15-12-19(20(14-28)17-8-10-18(26)11-9-17)21(27)13-23(15)30-24(32)7-5-3-4-6-22-16(2)29-25(33)31-22/h8-13,16,20,22H,3-7H2,1-2H3,(H,30,32)(H2,29,31,33)/t16-,20+,22+/m0/s1. The largest absolute Gasteiger partial charge is 0.334 e. The molecule has 33 heavy (non-hydrogen) atoms. The number of nitrogens with zero attached hydrogens (tertiary/aromatic N) is 1. The van der Waals surface area contributed by atoms with E-state index >= 15 is 0 Å². The molecule has 6 nitrogen and oxygen atoms in total. The van der Waals surface area contributed by atoms with Crippen LogP contribution in [0.5, 0.6) is 0 Å². The summed E-state index contributed by atoms with van der Waals surface area (Å²) >= 11 is 12.5. The van der Waals surface area contributed by atoms with E-state index in [0.717, 1.165) is 36.8 Å².